The monoisotopic (exact) mass is 600 g/mol. The summed E-state index contributed by atoms with van der Waals surface area (Å²) in [6.45, 7) is 0.537. The van der Waals surface area contributed by atoms with Crippen LogP contribution in [0.4, 0.5) is 13.2 Å². The minimum absolute atomic E-state index is 0.0138. The van der Waals surface area contributed by atoms with E-state index in [0.29, 0.717) is 17.9 Å². The molecule has 41 heavy (non-hydrogen) atoms. The molecule has 10 nitrogen and oxygen atoms in total. The van der Waals surface area contributed by atoms with Crippen LogP contribution in [0.1, 0.15) is 35.2 Å². The predicted molar refractivity (Wildman–Crippen MR) is 140 cm³/mol. The maximum absolute atomic E-state index is 12.4. The number of alkyl halides is 3. The second-order valence-electron chi connectivity index (χ2n) is 8.64. The average molecular weight is 601 g/mol. The molecule has 1 unspecified atom stereocenters. The largest absolute Gasteiger partial charge is 0.681 e. The first-order chi connectivity index (χ1) is 19.6. The van der Waals surface area contributed by atoms with Crippen LogP contribution in [0, 0.1) is 0 Å². The van der Waals surface area contributed by atoms with Gasteiger partial charge in [-0.3, -0.25) is 0 Å². The summed E-state index contributed by atoms with van der Waals surface area (Å²) < 4.78 is 78.7. The number of carbonyl (C=O) groups is 2. The second kappa shape index (κ2) is 15.7. The third kappa shape index (κ3) is 12.0. The fraction of sp³-hybridized carbons (Fsp3) is 0.407. The third-order valence-corrected chi connectivity index (χ3v) is 7.49. The van der Waals surface area contributed by atoms with Gasteiger partial charge in [-0.05, 0) is 60.9 Å². The standard InChI is InChI=1S/C27H31F3O10Si/c1-33-41(34-2,38-18-24-17-36-24)39-19-37-25(31)14-7-20-5-10-23(11-6-20)40-26(32)21-8-12-22(13-9-21)35-16-4-3-15-27(28,29)30/h5-14,24H,3-4,15-19H2,1-2H3. The molecule has 1 atom stereocenters. The Labute approximate surface area is 236 Å². The van der Waals surface area contributed by atoms with E-state index < -0.39 is 40.4 Å². The number of ether oxygens (including phenoxy) is 4. The van der Waals surface area contributed by atoms with Crippen molar-refractivity contribution in [2.45, 2.75) is 31.5 Å². The van der Waals surface area contributed by atoms with Gasteiger partial charge in [-0.15, -0.1) is 0 Å². The maximum atomic E-state index is 12.4. The van der Waals surface area contributed by atoms with Crippen LogP contribution < -0.4 is 9.47 Å². The first-order valence-electron chi connectivity index (χ1n) is 12.6. The second-order valence-corrected chi connectivity index (χ2v) is 11.0. The first-order valence-corrected chi connectivity index (χ1v) is 14.2. The van der Waals surface area contributed by atoms with Crippen LogP contribution >= 0.6 is 0 Å². The van der Waals surface area contributed by atoms with Gasteiger partial charge in [0.15, 0.2) is 6.79 Å². The highest BCUT2D eigenvalue weighted by Crippen LogP contribution is 2.23. The van der Waals surface area contributed by atoms with Crippen molar-refractivity contribution in [3.8, 4) is 11.5 Å². The Balaban J connectivity index is 1.38. The van der Waals surface area contributed by atoms with E-state index in [0.717, 1.165) is 0 Å². The van der Waals surface area contributed by atoms with Gasteiger partial charge in [0.2, 0.25) is 0 Å². The number of benzene rings is 2. The van der Waals surface area contributed by atoms with E-state index in [-0.39, 0.29) is 43.5 Å². The summed E-state index contributed by atoms with van der Waals surface area (Å²) in [6, 6.07) is 12.5. The summed E-state index contributed by atoms with van der Waals surface area (Å²) in [5.74, 6) is -0.556. The van der Waals surface area contributed by atoms with Gasteiger partial charge in [0, 0.05) is 26.7 Å². The first kappa shape index (κ1) is 32.2. The number of epoxide rings is 1. The molecule has 0 amide bonds. The zero-order chi connectivity index (χ0) is 29.7. The maximum Gasteiger partial charge on any atom is 0.681 e. The van der Waals surface area contributed by atoms with Gasteiger partial charge in [0.1, 0.15) is 17.6 Å². The molecule has 0 saturated carbocycles. The van der Waals surface area contributed by atoms with Crippen LogP contribution in [-0.4, -0.2) is 74.1 Å². The molecule has 0 radical (unpaired) electrons. The topological polar surface area (TPSA) is 111 Å². The highest BCUT2D eigenvalue weighted by atomic mass is 28.4. The molecule has 2 aromatic rings. The number of hydrogen-bond acceptors (Lipinski definition) is 10. The molecule has 1 aliphatic heterocycles. The van der Waals surface area contributed by atoms with Crippen molar-refractivity contribution in [2.75, 3.05) is 40.8 Å². The molecule has 1 fully saturated rings. The van der Waals surface area contributed by atoms with Crippen molar-refractivity contribution in [3.63, 3.8) is 0 Å². The van der Waals surface area contributed by atoms with E-state index in [2.05, 4.69) is 0 Å². The lowest BCUT2D eigenvalue weighted by Crippen LogP contribution is -2.48. The number of halogens is 3. The summed E-state index contributed by atoms with van der Waals surface area (Å²) in [5, 5.41) is 0. The number of carbonyl (C=O) groups excluding carboxylic acids is 2. The average Bonchev–Trinajstić information content (AvgIpc) is 3.79. The molecule has 0 aromatic heterocycles. The lowest BCUT2D eigenvalue weighted by atomic mass is 10.2. The van der Waals surface area contributed by atoms with Gasteiger partial charge < -0.3 is 36.7 Å². The molecule has 1 saturated heterocycles. The molecular weight excluding hydrogens is 569 g/mol. The number of esters is 2. The summed E-state index contributed by atoms with van der Waals surface area (Å²) in [4.78, 5) is 24.5. The Bertz CT molecular complexity index is 1130. The molecule has 0 spiro atoms. The van der Waals surface area contributed by atoms with Crippen molar-refractivity contribution >= 4 is 27.1 Å². The minimum Gasteiger partial charge on any atom is -0.494 e. The lowest BCUT2D eigenvalue weighted by molar-refractivity contribution is -0.149. The molecule has 0 N–H and O–H groups in total. The van der Waals surface area contributed by atoms with Gasteiger partial charge in [-0.1, -0.05) is 12.1 Å². The Kier molecular flexibility index (Phi) is 12.3. The Morgan fingerprint density at radius 3 is 2.24 bits per heavy atom. The molecule has 2 aromatic carbocycles. The van der Waals surface area contributed by atoms with Gasteiger partial charge in [-0.25, -0.2) is 9.59 Å². The molecule has 14 heteroatoms. The summed E-state index contributed by atoms with van der Waals surface area (Å²) in [5.41, 5.74) is 0.910. The summed E-state index contributed by atoms with van der Waals surface area (Å²) in [6.07, 6.45) is -2.08. The molecule has 1 aliphatic rings. The number of hydrogen-bond donors (Lipinski definition) is 0. The minimum atomic E-state index is -4.17. The quantitative estimate of drug-likeness (QED) is 0.0482. The van der Waals surface area contributed by atoms with Gasteiger partial charge in [0.25, 0.3) is 0 Å². The highest BCUT2D eigenvalue weighted by molar-refractivity contribution is 6.53. The van der Waals surface area contributed by atoms with Crippen LogP contribution in [0.15, 0.2) is 54.6 Å². The van der Waals surface area contributed by atoms with Crippen molar-refractivity contribution in [2.24, 2.45) is 0 Å². The van der Waals surface area contributed by atoms with E-state index in [1.165, 1.54) is 38.5 Å². The van der Waals surface area contributed by atoms with Gasteiger partial charge >= 0.3 is 27.2 Å². The molecule has 224 valence electrons. The van der Waals surface area contributed by atoms with Crippen LogP contribution in [0.5, 0.6) is 11.5 Å². The van der Waals surface area contributed by atoms with E-state index >= 15 is 0 Å². The Hall–Kier alpha value is -3.27. The van der Waals surface area contributed by atoms with E-state index in [1.807, 2.05) is 0 Å². The van der Waals surface area contributed by atoms with E-state index in [1.54, 1.807) is 36.4 Å². The number of rotatable bonds is 17. The molecule has 0 bridgehead atoms. The summed E-state index contributed by atoms with van der Waals surface area (Å²) in [7, 11) is -0.700. The van der Waals surface area contributed by atoms with Crippen molar-refractivity contribution in [1.82, 2.24) is 0 Å². The zero-order valence-electron chi connectivity index (χ0n) is 22.5. The summed E-state index contributed by atoms with van der Waals surface area (Å²) >= 11 is 0. The normalized spacial score (nSPS) is 15.1. The van der Waals surface area contributed by atoms with Crippen LogP contribution in [0.25, 0.3) is 6.08 Å². The van der Waals surface area contributed by atoms with Crippen LogP contribution in [0.3, 0.4) is 0 Å². The van der Waals surface area contributed by atoms with Gasteiger partial charge in [0.05, 0.1) is 25.4 Å². The fourth-order valence-corrected chi connectivity index (χ4v) is 4.52. The SMILES string of the molecule is CO[Si](OC)(OCOC(=O)C=Cc1ccc(OC(=O)c2ccc(OCCCCC(F)(F)F)cc2)cc1)OCC1CO1. The highest BCUT2D eigenvalue weighted by Gasteiger charge is 2.45. The molecular formula is C27H31F3O10Si. The number of unbranched alkanes of at least 4 members (excludes halogenated alkanes) is 1. The molecule has 1 heterocycles. The molecule has 3 rings (SSSR count). The lowest BCUT2D eigenvalue weighted by Gasteiger charge is -2.24. The molecule has 0 aliphatic carbocycles. The van der Waals surface area contributed by atoms with E-state index in [9.17, 15) is 22.8 Å². The van der Waals surface area contributed by atoms with Crippen molar-refractivity contribution in [3.05, 3.63) is 65.7 Å². The van der Waals surface area contributed by atoms with Crippen molar-refractivity contribution in [1.29, 1.82) is 0 Å². The Morgan fingerprint density at radius 1 is 0.976 bits per heavy atom. The third-order valence-electron chi connectivity index (χ3n) is 5.50. The fourth-order valence-electron chi connectivity index (χ4n) is 3.21. The van der Waals surface area contributed by atoms with Crippen molar-refractivity contribution < 1.29 is 59.4 Å². The van der Waals surface area contributed by atoms with Crippen LogP contribution in [-0.2, 0) is 32.0 Å². The smallest absolute Gasteiger partial charge is 0.494 e. The predicted octanol–water partition coefficient (Wildman–Crippen LogP) is 4.69. The van der Waals surface area contributed by atoms with Crippen LogP contribution in [0.2, 0.25) is 0 Å². The van der Waals surface area contributed by atoms with E-state index in [4.69, 9.17) is 36.7 Å². The zero-order valence-corrected chi connectivity index (χ0v) is 23.5. The Morgan fingerprint density at radius 2 is 1.63 bits per heavy atom. The van der Waals surface area contributed by atoms with Gasteiger partial charge in [-0.2, -0.15) is 13.2 Å².